The third kappa shape index (κ3) is 2.34. The number of nitrogens with one attached hydrogen (secondary N) is 1. The molecule has 0 saturated heterocycles. The van der Waals surface area contributed by atoms with Crippen molar-refractivity contribution in [3.63, 3.8) is 0 Å². The van der Waals surface area contributed by atoms with E-state index in [9.17, 15) is 9.59 Å². The van der Waals surface area contributed by atoms with Crippen molar-refractivity contribution in [2.75, 3.05) is 13.7 Å². The van der Waals surface area contributed by atoms with Gasteiger partial charge in [0, 0.05) is 15.4 Å². The van der Waals surface area contributed by atoms with E-state index in [0.29, 0.717) is 18.8 Å². The van der Waals surface area contributed by atoms with Gasteiger partial charge < -0.3 is 19.1 Å². The van der Waals surface area contributed by atoms with Gasteiger partial charge in [-0.05, 0) is 31.1 Å². The molecule has 1 unspecified atom stereocenters. The van der Waals surface area contributed by atoms with Crippen molar-refractivity contribution >= 4 is 21.0 Å². The Balaban J connectivity index is 2.09. The largest absolute Gasteiger partial charge is 0.475 e. The second-order valence-corrected chi connectivity index (χ2v) is 6.22. The molecule has 1 N–H and O–H groups in total. The number of Topliss-reactive ketones (excluding diaryl/α,β-unsaturated/α-hetero) is 1. The van der Waals surface area contributed by atoms with E-state index in [-0.39, 0.29) is 23.3 Å². The summed E-state index contributed by atoms with van der Waals surface area (Å²) in [5.41, 5.74) is -1.39. The molecule has 0 aliphatic heterocycles. The van der Waals surface area contributed by atoms with Crippen molar-refractivity contribution in [2.45, 2.75) is 37.8 Å². The summed E-state index contributed by atoms with van der Waals surface area (Å²) in [6.07, 6.45) is 5.47. The van der Waals surface area contributed by atoms with E-state index in [1.807, 2.05) is 6.92 Å². The minimum atomic E-state index is -1.59. The summed E-state index contributed by atoms with van der Waals surface area (Å²) >= 11 is 0. The van der Waals surface area contributed by atoms with Crippen LogP contribution in [0.1, 0.15) is 48.3 Å². The number of unbranched alkanes of at least 4 members (excludes halogenated alkanes) is 1. The number of hydrogen-bond acceptors (Lipinski definition) is 7. The van der Waals surface area contributed by atoms with E-state index in [1.54, 1.807) is 13.1 Å². The maximum absolute atomic E-state index is 13.2. The number of allylic oxidation sites excluding steroid dienone is 1. The molecular weight excluding hydrogens is 331 g/mol. The molecule has 0 radical (unpaired) electrons. The van der Waals surface area contributed by atoms with Crippen molar-refractivity contribution in [1.82, 2.24) is 10.5 Å². The van der Waals surface area contributed by atoms with Gasteiger partial charge in [-0.25, -0.2) is 0 Å². The fourth-order valence-corrected chi connectivity index (χ4v) is 3.86. The first-order valence-electron chi connectivity index (χ1n) is 8.05. The van der Waals surface area contributed by atoms with Crippen LogP contribution < -0.4 is 10.1 Å². The number of carbonyl (C=O) groups excluding carboxylic acids is 2. The van der Waals surface area contributed by atoms with Crippen LogP contribution in [0.4, 0.5) is 0 Å². The minimum Gasteiger partial charge on any atom is -0.475 e. The van der Waals surface area contributed by atoms with E-state index >= 15 is 0 Å². The molecule has 24 heavy (non-hydrogen) atoms. The van der Waals surface area contributed by atoms with Crippen LogP contribution in [-0.2, 0) is 9.32 Å². The van der Waals surface area contributed by atoms with Crippen LogP contribution >= 0.6 is 9.47 Å². The Labute approximate surface area is 142 Å². The third-order valence-corrected chi connectivity index (χ3v) is 5.09. The quantitative estimate of drug-likeness (QED) is 0.476. The van der Waals surface area contributed by atoms with Crippen LogP contribution in [0.3, 0.4) is 0 Å². The van der Waals surface area contributed by atoms with Gasteiger partial charge in [0.2, 0.25) is 11.4 Å². The molecule has 1 heterocycles. The van der Waals surface area contributed by atoms with E-state index < -0.39 is 17.3 Å². The predicted octanol–water partition coefficient (Wildman–Crippen LogP) is 2.00. The highest BCUT2D eigenvalue weighted by Gasteiger charge is 2.61. The van der Waals surface area contributed by atoms with Crippen LogP contribution in [0.15, 0.2) is 16.7 Å². The molecule has 4 atom stereocenters. The highest BCUT2D eigenvalue weighted by molar-refractivity contribution is 7.10. The lowest BCUT2D eigenvalue weighted by atomic mass is 9.65. The molecule has 2 aliphatic rings. The predicted molar refractivity (Wildman–Crippen MR) is 88.8 cm³/mol. The van der Waals surface area contributed by atoms with Crippen LogP contribution in [0.5, 0.6) is 5.88 Å². The summed E-state index contributed by atoms with van der Waals surface area (Å²) in [7, 11) is 3.82. The highest BCUT2D eigenvalue weighted by atomic mass is 31.0. The standard InChI is InChI=1S/C16H21N2O5P/c1-3-4-8-21-15-11-13(22-18-15)12(17-2)9-6-5-7-10(19)16(9,23-24)14(11)20/h5,7,9,12,17H,3-4,6,8,24H2,1-2H3/t9-,12-,16-/m0/s1. The van der Waals surface area contributed by atoms with Gasteiger partial charge in [0.05, 0.1) is 12.6 Å². The maximum atomic E-state index is 13.2. The van der Waals surface area contributed by atoms with E-state index in [4.69, 9.17) is 13.8 Å². The molecule has 1 aromatic heterocycles. The SMILES string of the molecule is CCCCOc1noc2c1C(=O)[C@@]1(OP)C(=O)C=CC[C@H]1[C@@H]2NC. The van der Waals surface area contributed by atoms with Gasteiger partial charge in [-0.15, -0.1) is 0 Å². The van der Waals surface area contributed by atoms with E-state index in [0.717, 1.165) is 12.8 Å². The smallest absolute Gasteiger partial charge is 0.265 e. The van der Waals surface area contributed by atoms with E-state index in [2.05, 4.69) is 19.9 Å². The number of aromatic nitrogens is 1. The first-order valence-corrected chi connectivity index (χ1v) is 8.52. The number of nitrogens with zero attached hydrogens (tertiary/aromatic N) is 1. The van der Waals surface area contributed by atoms with Crippen molar-refractivity contribution in [1.29, 1.82) is 0 Å². The number of rotatable bonds is 6. The Morgan fingerprint density at radius 1 is 1.50 bits per heavy atom. The van der Waals surface area contributed by atoms with Crippen LogP contribution in [0.2, 0.25) is 0 Å². The number of ketones is 2. The Morgan fingerprint density at radius 3 is 2.96 bits per heavy atom. The minimum absolute atomic E-state index is 0.130. The average molecular weight is 352 g/mol. The average Bonchev–Trinajstić information content (AvgIpc) is 3.00. The lowest BCUT2D eigenvalue weighted by Crippen LogP contribution is -2.59. The zero-order valence-corrected chi connectivity index (χ0v) is 14.9. The second-order valence-electron chi connectivity index (χ2n) is 5.99. The van der Waals surface area contributed by atoms with Gasteiger partial charge in [0.15, 0.2) is 11.5 Å². The van der Waals surface area contributed by atoms with Gasteiger partial charge in [-0.3, -0.25) is 9.59 Å². The molecule has 1 aromatic rings. The monoisotopic (exact) mass is 352 g/mol. The molecule has 0 amide bonds. The molecule has 2 aliphatic carbocycles. The zero-order valence-electron chi connectivity index (χ0n) is 13.7. The van der Waals surface area contributed by atoms with Crippen LogP contribution in [0, 0.1) is 5.92 Å². The molecule has 0 fully saturated rings. The summed E-state index contributed by atoms with van der Waals surface area (Å²) < 4.78 is 16.5. The lowest BCUT2D eigenvalue weighted by Gasteiger charge is -2.43. The normalized spacial score (nSPS) is 28.6. The molecule has 3 rings (SSSR count). The van der Waals surface area contributed by atoms with Crippen LogP contribution in [0.25, 0.3) is 0 Å². The molecule has 8 heteroatoms. The van der Waals surface area contributed by atoms with Gasteiger partial charge in [0.1, 0.15) is 5.56 Å². The highest BCUT2D eigenvalue weighted by Crippen LogP contribution is 2.49. The Bertz CT molecular complexity index is 686. The fourth-order valence-electron chi connectivity index (χ4n) is 3.47. The molecular formula is C16H21N2O5P. The van der Waals surface area contributed by atoms with Gasteiger partial charge in [0.25, 0.3) is 5.88 Å². The number of carbonyl (C=O) groups is 2. The second kappa shape index (κ2) is 6.75. The number of ether oxygens (including phenoxy) is 1. The molecule has 0 saturated carbocycles. The number of hydrogen-bond donors (Lipinski definition) is 1. The first kappa shape index (κ1) is 17.3. The number of fused-ring (bicyclic) bond motifs is 2. The fraction of sp³-hybridized carbons (Fsp3) is 0.562. The van der Waals surface area contributed by atoms with Gasteiger partial charge >= 0.3 is 0 Å². The third-order valence-electron chi connectivity index (χ3n) is 4.72. The molecule has 0 bridgehead atoms. The van der Waals surface area contributed by atoms with Crippen molar-refractivity contribution < 1.29 is 23.4 Å². The summed E-state index contributed by atoms with van der Waals surface area (Å²) in [6.45, 7) is 2.47. The van der Waals surface area contributed by atoms with Crippen LogP contribution in [-0.4, -0.2) is 36.0 Å². The summed E-state index contributed by atoms with van der Waals surface area (Å²) in [5.74, 6) is -0.698. The summed E-state index contributed by atoms with van der Waals surface area (Å²) in [4.78, 5) is 25.8. The van der Waals surface area contributed by atoms with Crippen molar-refractivity contribution in [3.8, 4) is 5.88 Å². The Hall–Kier alpha value is -1.56. The lowest BCUT2D eigenvalue weighted by molar-refractivity contribution is -0.131. The first-order chi connectivity index (χ1) is 11.6. The van der Waals surface area contributed by atoms with E-state index in [1.165, 1.54) is 6.08 Å². The Kier molecular flexibility index (Phi) is 4.85. The van der Waals surface area contributed by atoms with Gasteiger partial charge in [-0.2, -0.15) is 0 Å². The van der Waals surface area contributed by atoms with Crippen molar-refractivity contribution in [2.24, 2.45) is 5.92 Å². The Morgan fingerprint density at radius 2 is 2.29 bits per heavy atom. The summed E-state index contributed by atoms with van der Waals surface area (Å²) in [6, 6.07) is -0.372. The molecule has 0 spiro atoms. The zero-order chi connectivity index (χ0) is 17.3. The molecule has 0 aromatic carbocycles. The summed E-state index contributed by atoms with van der Waals surface area (Å²) in [5, 5.41) is 7.04. The van der Waals surface area contributed by atoms with Gasteiger partial charge in [-0.1, -0.05) is 19.4 Å². The van der Waals surface area contributed by atoms with Crippen molar-refractivity contribution in [3.05, 3.63) is 23.5 Å². The maximum Gasteiger partial charge on any atom is 0.265 e. The molecule has 7 nitrogen and oxygen atoms in total. The molecule has 130 valence electrons. The topological polar surface area (TPSA) is 90.7 Å².